The van der Waals surface area contributed by atoms with E-state index in [1.54, 1.807) is 4.90 Å². The van der Waals surface area contributed by atoms with Gasteiger partial charge in [-0.15, -0.1) is 0 Å². The maximum atomic E-state index is 12.4. The van der Waals surface area contributed by atoms with Crippen LogP contribution in [0.4, 0.5) is 10.6 Å². The predicted octanol–water partition coefficient (Wildman–Crippen LogP) is 3.14. The molecule has 1 aromatic heterocycles. The quantitative estimate of drug-likeness (QED) is 0.306. The summed E-state index contributed by atoms with van der Waals surface area (Å²) in [5, 5.41) is 15.7. The van der Waals surface area contributed by atoms with Gasteiger partial charge in [-0.2, -0.15) is 0 Å². The molecule has 0 saturated heterocycles. The first-order valence-corrected chi connectivity index (χ1v) is 13.3. The van der Waals surface area contributed by atoms with Gasteiger partial charge >= 0.3 is 12.0 Å². The Balaban J connectivity index is 1.46. The lowest BCUT2D eigenvalue weighted by atomic mass is 10.1. The number of carboxylic acid groups (broad SMARTS) is 1. The van der Waals surface area contributed by atoms with Gasteiger partial charge in [-0.25, -0.2) is 14.6 Å². The number of pyridine rings is 1. The monoisotopic (exact) mass is 489 g/mol. The van der Waals surface area contributed by atoms with Gasteiger partial charge in [-0.1, -0.05) is 6.07 Å². The fourth-order valence-corrected chi connectivity index (χ4v) is 4.39. The molecule has 1 fully saturated rings. The molecule has 1 aliphatic carbocycles. The molecule has 0 bridgehead atoms. The number of anilines is 1. The Morgan fingerprint density at radius 3 is 2.71 bits per heavy atom. The molecule has 0 radical (unpaired) electrons. The van der Waals surface area contributed by atoms with Crippen LogP contribution in [0.3, 0.4) is 0 Å². The van der Waals surface area contributed by atoms with Crippen LogP contribution in [0.5, 0.6) is 0 Å². The van der Waals surface area contributed by atoms with E-state index in [-0.39, 0.29) is 6.03 Å². The zero-order chi connectivity index (χ0) is 25.0. The van der Waals surface area contributed by atoms with Crippen molar-refractivity contribution in [1.29, 1.82) is 0 Å². The topological polar surface area (TPSA) is 107 Å². The van der Waals surface area contributed by atoms with Crippen molar-refractivity contribution in [3.05, 3.63) is 23.4 Å². The molecule has 2 amide bonds. The predicted molar refractivity (Wildman–Crippen MR) is 137 cm³/mol. The maximum Gasteiger partial charge on any atom is 0.326 e. The summed E-state index contributed by atoms with van der Waals surface area (Å²) >= 11 is 0. The molecule has 1 aliphatic heterocycles. The van der Waals surface area contributed by atoms with Crippen LogP contribution in [0.2, 0.25) is 0 Å². The van der Waals surface area contributed by atoms with Crippen LogP contribution in [0.15, 0.2) is 12.1 Å². The number of hydrogen-bond donors (Lipinski definition) is 3. The molecule has 0 aromatic carbocycles. The van der Waals surface area contributed by atoms with Crippen molar-refractivity contribution < 1.29 is 19.4 Å². The molecule has 35 heavy (non-hydrogen) atoms. The second kappa shape index (κ2) is 14.2. The maximum absolute atomic E-state index is 12.4. The molecular formula is C26H43N5O4. The third-order valence-electron chi connectivity index (χ3n) is 6.77. The van der Waals surface area contributed by atoms with Gasteiger partial charge in [0.15, 0.2) is 0 Å². The molecule has 2 heterocycles. The van der Waals surface area contributed by atoms with Crippen molar-refractivity contribution in [2.45, 2.75) is 77.4 Å². The lowest BCUT2D eigenvalue weighted by molar-refractivity contribution is -0.139. The minimum atomic E-state index is -0.994. The number of ether oxygens (including phenoxy) is 1. The minimum Gasteiger partial charge on any atom is -0.480 e. The minimum absolute atomic E-state index is 0.321. The lowest BCUT2D eigenvalue weighted by Gasteiger charge is -2.26. The smallest absolute Gasteiger partial charge is 0.326 e. The van der Waals surface area contributed by atoms with Gasteiger partial charge in [0.05, 0.1) is 12.7 Å². The number of rotatable bonds is 16. The molecule has 0 unspecified atom stereocenters. The summed E-state index contributed by atoms with van der Waals surface area (Å²) in [6.07, 6.45) is 8.26. The second-order valence-corrected chi connectivity index (χ2v) is 9.51. The highest BCUT2D eigenvalue weighted by Gasteiger charge is 2.24. The van der Waals surface area contributed by atoms with Crippen molar-refractivity contribution in [3.8, 4) is 0 Å². The lowest BCUT2D eigenvalue weighted by Crippen LogP contribution is -2.49. The molecule has 1 atom stereocenters. The van der Waals surface area contributed by atoms with Gasteiger partial charge in [0.1, 0.15) is 11.9 Å². The van der Waals surface area contributed by atoms with Gasteiger partial charge in [0.2, 0.25) is 0 Å². The van der Waals surface area contributed by atoms with Crippen molar-refractivity contribution in [3.63, 3.8) is 0 Å². The number of aryl methyl sites for hydroxylation is 2. The number of carbonyl (C=O) groups excluding carboxylic acids is 1. The average Bonchev–Trinajstić information content (AvgIpc) is 3.68. The highest BCUT2D eigenvalue weighted by molar-refractivity contribution is 5.82. The first-order chi connectivity index (χ1) is 17.0. The summed E-state index contributed by atoms with van der Waals surface area (Å²) in [5.41, 5.74) is 2.43. The first-order valence-electron chi connectivity index (χ1n) is 13.3. The number of urea groups is 1. The van der Waals surface area contributed by atoms with Crippen LogP contribution in [0, 0.1) is 0 Å². The molecule has 9 nitrogen and oxygen atoms in total. The van der Waals surface area contributed by atoms with Crippen molar-refractivity contribution >= 4 is 17.8 Å². The Morgan fingerprint density at radius 2 is 2.00 bits per heavy atom. The largest absolute Gasteiger partial charge is 0.480 e. The van der Waals surface area contributed by atoms with Gasteiger partial charge in [0.25, 0.3) is 0 Å². The number of hydrogen-bond acceptors (Lipinski definition) is 6. The number of nitrogens with one attached hydrogen (secondary N) is 2. The number of aromatic nitrogens is 1. The summed E-state index contributed by atoms with van der Waals surface area (Å²) in [6.45, 7) is 8.77. The van der Waals surface area contributed by atoms with Gasteiger partial charge in [-0.05, 0) is 83.4 Å². The summed E-state index contributed by atoms with van der Waals surface area (Å²) < 4.78 is 5.84. The third kappa shape index (κ3) is 9.29. The Morgan fingerprint density at radius 1 is 1.20 bits per heavy atom. The fourth-order valence-electron chi connectivity index (χ4n) is 4.39. The Hall–Kier alpha value is -2.39. The van der Waals surface area contributed by atoms with Crippen LogP contribution < -0.4 is 10.6 Å². The Kier molecular flexibility index (Phi) is 11.1. The molecule has 2 aliphatic rings. The number of carbonyl (C=O) groups is 2. The van der Waals surface area contributed by atoms with E-state index in [1.165, 1.54) is 5.56 Å². The molecular weight excluding hydrogens is 446 g/mol. The molecule has 9 heteroatoms. The highest BCUT2D eigenvalue weighted by atomic mass is 16.5. The third-order valence-corrected chi connectivity index (χ3v) is 6.77. The number of aliphatic carboxylic acids is 1. The molecule has 1 aromatic rings. The molecule has 0 spiro atoms. The SMILES string of the molecule is CCN(CC)C(=O)N[C@@H](CCN(CCCCc1ccc2c(n1)NCCC2)CCOC1CC1)C(=O)O. The standard InChI is InChI=1S/C26H43N5O4/c1-3-31(4-2)26(34)29-23(25(32)33)14-17-30(18-19-35-22-12-13-22)16-6-5-9-21-11-10-20-8-7-15-27-24(20)28-21/h10-11,22-23H,3-9,12-19H2,1-2H3,(H,27,28)(H,29,34)(H,32,33)/t23-/m0/s1. The molecule has 3 N–H and O–H groups in total. The Bertz CT molecular complexity index is 813. The molecule has 1 saturated carbocycles. The van der Waals surface area contributed by atoms with Crippen LogP contribution in [-0.4, -0.2) is 89.9 Å². The summed E-state index contributed by atoms with van der Waals surface area (Å²) in [5.74, 6) is 0.0471. The Labute approximate surface area is 209 Å². The number of amides is 2. The van der Waals surface area contributed by atoms with E-state index in [2.05, 4.69) is 27.7 Å². The average molecular weight is 490 g/mol. The van der Waals surface area contributed by atoms with Crippen molar-refractivity contribution in [2.24, 2.45) is 0 Å². The van der Waals surface area contributed by atoms with E-state index < -0.39 is 12.0 Å². The summed E-state index contributed by atoms with van der Waals surface area (Å²) in [7, 11) is 0. The van der Waals surface area contributed by atoms with Crippen LogP contribution >= 0.6 is 0 Å². The van der Waals surface area contributed by atoms with Crippen LogP contribution in [0.25, 0.3) is 0 Å². The fraction of sp³-hybridized carbons (Fsp3) is 0.731. The first kappa shape index (κ1) is 27.2. The molecule has 3 rings (SSSR count). The van der Waals surface area contributed by atoms with Crippen LogP contribution in [0.1, 0.15) is 63.6 Å². The zero-order valence-corrected chi connectivity index (χ0v) is 21.4. The van der Waals surface area contributed by atoms with Crippen LogP contribution in [-0.2, 0) is 22.4 Å². The number of unbranched alkanes of at least 4 members (excludes halogenated alkanes) is 1. The normalized spacial score (nSPS) is 15.9. The number of fused-ring (bicyclic) bond motifs is 1. The van der Waals surface area contributed by atoms with Gasteiger partial charge in [0, 0.05) is 38.4 Å². The van der Waals surface area contributed by atoms with Crippen molar-refractivity contribution in [2.75, 3.05) is 51.2 Å². The van der Waals surface area contributed by atoms with E-state index in [0.29, 0.717) is 38.8 Å². The second-order valence-electron chi connectivity index (χ2n) is 9.51. The van der Waals surface area contributed by atoms with E-state index >= 15 is 0 Å². The summed E-state index contributed by atoms with van der Waals surface area (Å²) in [4.78, 5) is 32.8. The number of carboxylic acids is 1. The highest BCUT2D eigenvalue weighted by Crippen LogP contribution is 2.23. The summed E-state index contributed by atoms with van der Waals surface area (Å²) in [6, 6.07) is 3.12. The van der Waals surface area contributed by atoms with Gasteiger partial charge < -0.3 is 30.3 Å². The number of nitrogens with zero attached hydrogens (tertiary/aromatic N) is 3. The van der Waals surface area contributed by atoms with E-state index in [1.807, 2.05) is 13.8 Å². The van der Waals surface area contributed by atoms with E-state index in [4.69, 9.17) is 9.72 Å². The van der Waals surface area contributed by atoms with E-state index in [9.17, 15) is 14.7 Å². The zero-order valence-electron chi connectivity index (χ0n) is 21.4. The molecule has 196 valence electrons. The van der Waals surface area contributed by atoms with E-state index in [0.717, 1.165) is 76.1 Å². The van der Waals surface area contributed by atoms with Crippen molar-refractivity contribution in [1.82, 2.24) is 20.1 Å². The van der Waals surface area contributed by atoms with Gasteiger partial charge in [-0.3, -0.25) is 0 Å².